The molecule has 1 aromatic rings. The van der Waals surface area contributed by atoms with Crippen LogP contribution in [0.1, 0.15) is 25.5 Å². The van der Waals surface area contributed by atoms with E-state index in [1.54, 1.807) is 23.5 Å². The van der Waals surface area contributed by atoms with Gasteiger partial charge in [0.25, 0.3) is 0 Å². The van der Waals surface area contributed by atoms with Gasteiger partial charge >= 0.3 is 0 Å². The molecule has 0 amide bonds. The quantitative estimate of drug-likeness (QED) is 0.741. The van der Waals surface area contributed by atoms with Crippen molar-refractivity contribution >= 4 is 29.6 Å². The third-order valence-corrected chi connectivity index (χ3v) is 4.20. The van der Waals surface area contributed by atoms with Crippen molar-refractivity contribution in [2.75, 3.05) is 12.5 Å². The number of nitrogens with zero attached hydrogens (tertiary/aromatic N) is 1. The first kappa shape index (κ1) is 12.7. The van der Waals surface area contributed by atoms with Crippen LogP contribution >= 0.6 is 23.5 Å². The molecule has 0 aliphatic rings. The highest BCUT2D eigenvalue weighted by Crippen LogP contribution is 2.25. The maximum absolute atomic E-state index is 2.22. The molecule has 0 unspecified atom stereocenters. The largest absolute Gasteiger partial charge is 0.203 e. The van der Waals surface area contributed by atoms with Crippen LogP contribution in [0.5, 0.6) is 0 Å². The van der Waals surface area contributed by atoms with Gasteiger partial charge < -0.3 is 0 Å². The van der Waals surface area contributed by atoms with Crippen molar-refractivity contribution in [3.05, 3.63) is 34.3 Å². The van der Waals surface area contributed by atoms with Crippen LogP contribution in [0.4, 0.5) is 0 Å². The maximum atomic E-state index is 2.22. The minimum Gasteiger partial charge on any atom is -0.203 e. The average Bonchev–Trinajstić information content (AvgIpc) is 2.26. The molecule has 15 heavy (non-hydrogen) atoms. The Morgan fingerprint density at radius 2 is 1.73 bits per heavy atom. The summed E-state index contributed by atoms with van der Waals surface area (Å²) >= 11 is 3.59. The van der Waals surface area contributed by atoms with Crippen LogP contribution in [-0.4, -0.2) is 12.5 Å². The van der Waals surface area contributed by atoms with Gasteiger partial charge in [0.1, 0.15) is 0 Å². The van der Waals surface area contributed by atoms with E-state index >= 15 is 0 Å². The van der Waals surface area contributed by atoms with Gasteiger partial charge in [-0.25, -0.2) is 4.57 Å². The standard InChI is InChI=1S/C12H18NS2/c1-10(2)13-7-5-11(6-8-13)9-12(14-3)15-4/h5-10H,1-4H3/q+1. The molecule has 0 saturated heterocycles. The number of hydrogen-bond donors (Lipinski definition) is 0. The van der Waals surface area contributed by atoms with E-state index in [0.717, 1.165) is 0 Å². The number of aromatic nitrogens is 1. The molecule has 3 heteroatoms. The molecule has 0 spiro atoms. The molecule has 1 rings (SSSR count). The Kier molecular flexibility index (Phi) is 5.26. The zero-order valence-electron chi connectivity index (χ0n) is 9.73. The van der Waals surface area contributed by atoms with Gasteiger partial charge in [-0.2, -0.15) is 0 Å². The molecule has 0 saturated carbocycles. The molecular weight excluding hydrogens is 222 g/mol. The summed E-state index contributed by atoms with van der Waals surface area (Å²) in [7, 11) is 0. The van der Waals surface area contributed by atoms with Crippen LogP contribution in [0.2, 0.25) is 0 Å². The lowest BCUT2D eigenvalue weighted by Crippen LogP contribution is -2.34. The minimum absolute atomic E-state index is 0.531. The summed E-state index contributed by atoms with van der Waals surface area (Å²) in [4.78, 5) is 0. The Morgan fingerprint density at radius 1 is 1.20 bits per heavy atom. The van der Waals surface area contributed by atoms with Crippen molar-refractivity contribution in [1.82, 2.24) is 0 Å². The molecule has 0 radical (unpaired) electrons. The third-order valence-electron chi connectivity index (χ3n) is 2.16. The lowest BCUT2D eigenvalue weighted by Gasteiger charge is -2.01. The summed E-state index contributed by atoms with van der Waals surface area (Å²) in [5.74, 6) is 0. The molecular formula is C12H18NS2+. The van der Waals surface area contributed by atoms with Crippen LogP contribution in [0.25, 0.3) is 6.08 Å². The molecule has 1 nitrogen and oxygen atoms in total. The molecule has 0 bridgehead atoms. The van der Waals surface area contributed by atoms with E-state index in [4.69, 9.17) is 0 Å². The van der Waals surface area contributed by atoms with E-state index in [9.17, 15) is 0 Å². The van der Waals surface area contributed by atoms with Gasteiger partial charge in [0.2, 0.25) is 0 Å². The Bertz CT molecular complexity index is 322. The predicted molar refractivity (Wildman–Crippen MR) is 72.0 cm³/mol. The molecule has 0 aromatic carbocycles. The van der Waals surface area contributed by atoms with Gasteiger partial charge in [-0.15, -0.1) is 23.5 Å². The fourth-order valence-corrected chi connectivity index (χ4v) is 2.40. The summed E-state index contributed by atoms with van der Waals surface area (Å²) in [6.45, 7) is 4.37. The van der Waals surface area contributed by atoms with Crippen molar-refractivity contribution in [3.63, 3.8) is 0 Å². The van der Waals surface area contributed by atoms with Gasteiger partial charge in [0, 0.05) is 16.4 Å². The Morgan fingerprint density at radius 3 is 2.13 bits per heavy atom. The van der Waals surface area contributed by atoms with Crippen molar-refractivity contribution in [1.29, 1.82) is 0 Å². The van der Waals surface area contributed by atoms with Crippen molar-refractivity contribution in [2.45, 2.75) is 19.9 Å². The predicted octanol–water partition coefficient (Wildman–Crippen LogP) is 3.58. The Hall–Kier alpha value is -0.410. The average molecular weight is 240 g/mol. The first-order valence-electron chi connectivity index (χ1n) is 4.98. The van der Waals surface area contributed by atoms with E-state index in [2.05, 4.69) is 61.5 Å². The van der Waals surface area contributed by atoms with Crippen LogP contribution in [-0.2, 0) is 0 Å². The Balaban J connectivity index is 2.84. The number of pyridine rings is 1. The summed E-state index contributed by atoms with van der Waals surface area (Å²) in [5, 5.41) is 0. The van der Waals surface area contributed by atoms with Crippen molar-refractivity contribution in [2.24, 2.45) is 0 Å². The van der Waals surface area contributed by atoms with Crippen molar-refractivity contribution < 1.29 is 4.57 Å². The summed E-state index contributed by atoms with van der Waals surface area (Å²) in [5.41, 5.74) is 1.27. The highest BCUT2D eigenvalue weighted by atomic mass is 32.2. The number of rotatable bonds is 4. The molecule has 82 valence electrons. The van der Waals surface area contributed by atoms with Gasteiger partial charge in [0.05, 0.1) is 0 Å². The lowest BCUT2D eigenvalue weighted by atomic mass is 10.2. The van der Waals surface area contributed by atoms with Crippen LogP contribution in [0.3, 0.4) is 0 Å². The smallest absolute Gasteiger partial charge is 0.169 e. The second-order valence-corrected chi connectivity index (χ2v) is 5.50. The topological polar surface area (TPSA) is 3.88 Å². The normalized spacial score (nSPS) is 10.5. The van der Waals surface area contributed by atoms with Gasteiger partial charge in [-0.05, 0) is 38.0 Å². The monoisotopic (exact) mass is 240 g/mol. The van der Waals surface area contributed by atoms with Gasteiger partial charge in [-0.1, -0.05) is 0 Å². The number of thioether (sulfide) groups is 2. The molecule has 0 fully saturated rings. The third kappa shape index (κ3) is 3.92. The number of hydrogen-bond acceptors (Lipinski definition) is 2. The first-order valence-corrected chi connectivity index (χ1v) is 7.42. The summed E-state index contributed by atoms with van der Waals surface area (Å²) < 4.78 is 3.55. The van der Waals surface area contributed by atoms with Gasteiger partial charge in [-0.3, -0.25) is 0 Å². The Labute approximate surface area is 101 Å². The van der Waals surface area contributed by atoms with E-state index in [0.29, 0.717) is 6.04 Å². The van der Waals surface area contributed by atoms with E-state index in [-0.39, 0.29) is 0 Å². The zero-order chi connectivity index (χ0) is 11.3. The SMILES string of the molecule is CSC(=Cc1cc[n+](C(C)C)cc1)SC. The van der Waals surface area contributed by atoms with Crippen LogP contribution in [0, 0.1) is 0 Å². The molecule has 1 heterocycles. The molecule has 0 aliphatic heterocycles. The maximum Gasteiger partial charge on any atom is 0.169 e. The summed E-state index contributed by atoms with van der Waals surface area (Å²) in [6.07, 6.45) is 10.7. The second kappa shape index (κ2) is 6.23. The molecule has 0 N–H and O–H groups in total. The lowest BCUT2D eigenvalue weighted by molar-refractivity contribution is -0.716. The summed E-state index contributed by atoms with van der Waals surface area (Å²) in [6, 6.07) is 4.85. The fraction of sp³-hybridized carbons (Fsp3) is 0.417. The van der Waals surface area contributed by atoms with Crippen molar-refractivity contribution in [3.8, 4) is 0 Å². The molecule has 1 aromatic heterocycles. The molecule has 0 atom stereocenters. The van der Waals surface area contributed by atoms with E-state index in [1.165, 1.54) is 9.80 Å². The van der Waals surface area contributed by atoms with Gasteiger partial charge in [0.15, 0.2) is 18.4 Å². The van der Waals surface area contributed by atoms with E-state index < -0.39 is 0 Å². The first-order chi connectivity index (χ1) is 7.17. The molecule has 0 aliphatic carbocycles. The van der Waals surface area contributed by atoms with E-state index in [1.807, 2.05) is 0 Å². The highest BCUT2D eigenvalue weighted by molar-refractivity contribution is 8.21. The van der Waals surface area contributed by atoms with Crippen LogP contribution in [0.15, 0.2) is 28.8 Å². The highest BCUT2D eigenvalue weighted by Gasteiger charge is 2.04. The second-order valence-electron chi connectivity index (χ2n) is 3.54. The zero-order valence-corrected chi connectivity index (χ0v) is 11.4. The van der Waals surface area contributed by atoms with Crippen LogP contribution < -0.4 is 4.57 Å². The fourth-order valence-electron chi connectivity index (χ4n) is 1.23. The minimum atomic E-state index is 0.531.